The highest BCUT2D eigenvalue weighted by atomic mass is 127. The Morgan fingerprint density at radius 1 is 1.37 bits per heavy atom. The maximum Gasteiger partial charge on any atom is 0.229 e. The SMILES string of the molecule is Cc1cc(I)cnc1NC(=O)Cc1ccc(Cl)cc1. The number of carbonyl (C=O) groups is 1. The molecule has 0 spiro atoms. The number of nitrogens with one attached hydrogen (secondary N) is 1. The molecule has 2 aromatic rings. The number of halogens is 2. The highest BCUT2D eigenvalue weighted by Crippen LogP contribution is 2.15. The van der Waals surface area contributed by atoms with Gasteiger partial charge >= 0.3 is 0 Å². The molecule has 3 nitrogen and oxygen atoms in total. The third kappa shape index (κ3) is 4.18. The zero-order valence-electron chi connectivity index (χ0n) is 10.3. The van der Waals surface area contributed by atoms with Gasteiger partial charge in [-0.25, -0.2) is 4.98 Å². The first kappa shape index (κ1) is 14.3. The monoisotopic (exact) mass is 386 g/mol. The predicted octanol–water partition coefficient (Wildman–Crippen LogP) is 3.83. The highest BCUT2D eigenvalue weighted by molar-refractivity contribution is 14.1. The lowest BCUT2D eigenvalue weighted by Gasteiger charge is -2.07. The van der Waals surface area contributed by atoms with Crippen molar-refractivity contribution in [1.82, 2.24) is 4.98 Å². The molecule has 0 unspecified atom stereocenters. The molecule has 0 saturated heterocycles. The molecule has 2 rings (SSSR count). The molecule has 0 aliphatic heterocycles. The van der Waals surface area contributed by atoms with Gasteiger partial charge in [0.1, 0.15) is 5.82 Å². The van der Waals surface area contributed by atoms with Crippen molar-refractivity contribution < 1.29 is 4.79 Å². The van der Waals surface area contributed by atoms with E-state index in [1.807, 2.05) is 25.1 Å². The topological polar surface area (TPSA) is 42.0 Å². The average Bonchev–Trinajstić information content (AvgIpc) is 2.36. The zero-order chi connectivity index (χ0) is 13.8. The Hall–Kier alpha value is -1.14. The van der Waals surface area contributed by atoms with Gasteiger partial charge in [0.05, 0.1) is 6.42 Å². The second-order valence-electron chi connectivity index (χ2n) is 4.17. The number of rotatable bonds is 3. The molecule has 0 aliphatic carbocycles. The Labute approximate surface area is 130 Å². The van der Waals surface area contributed by atoms with Crippen molar-refractivity contribution in [2.45, 2.75) is 13.3 Å². The second-order valence-corrected chi connectivity index (χ2v) is 5.85. The quantitative estimate of drug-likeness (QED) is 0.815. The second kappa shape index (κ2) is 6.34. The highest BCUT2D eigenvalue weighted by Gasteiger charge is 2.07. The number of hydrogen-bond donors (Lipinski definition) is 1. The van der Waals surface area contributed by atoms with Gasteiger partial charge in [0, 0.05) is 14.8 Å². The van der Waals surface area contributed by atoms with Crippen molar-refractivity contribution in [2.24, 2.45) is 0 Å². The van der Waals surface area contributed by atoms with Crippen LogP contribution in [0, 0.1) is 10.5 Å². The molecule has 19 heavy (non-hydrogen) atoms. The van der Waals surface area contributed by atoms with Crippen LogP contribution in [-0.4, -0.2) is 10.9 Å². The molecule has 98 valence electrons. The number of amides is 1. The largest absolute Gasteiger partial charge is 0.310 e. The summed E-state index contributed by atoms with van der Waals surface area (Å²) in [7, 11) is 0. The van der Waals surface area contributed by atoms with Gasteiger partial charge in [-0.05, 0) is 58.8 Å². The van der Waals surface area contributed by atoms with Crippen LogP contribution in [0.25, 0.3) is 0 Å². The van der Waals surface area contributed by atoms with Gasteiger partial charge in [-0.15, -0.1) is 0 Å². The number of aryl methyl sites for hydroxylation is 1. The summed E-state index contributed by atoms with van der Waals surface area (Å²) in [4.78, 5) is 16.1. The van der Waals surface area contributed by atoms with E-state index in [-0.39, 0.29) is 5.91 Å². The van der Waals surface area contributed by atoms with Crippen LogP contribution in [0.2, 0.25) is 5.02 Å². The van der Waals surface area contributed by atoms with E-state index in [1.165, 1.54) is 0 Å². The van der Waals surface area contributed by atoms with E-state index in [9.17, 15) is 4.79 Å². The lowest BCUT2D eigenvalue weighted by Crippen LogP contribution is -2.16. The number of pyridine rings is 1. The van der Waals surface area contributed by atoms with Gasteiger partial charge in [0.25, 0.3) is 0 Å². The Morgan fingerprint density at radius 2 is 2.05 bits per heavy atom. The summed E-state index contributed by atoms with van der Waals surface area (Å²) in [5.41, 5.74) is 1.88. The fourth-order valence-corrected chi connectivity index (χ4v) is 2.37. The third-order valence-corrected chi connectivity index (χ3v) is 3.42. The van der Waals surface area contributed by atoms with E-state index >= 15 is 0 Å². The number of benzene rings is 1. The number of hydrogen-bond acceptors (Lipinski definition) is 2. The molecule has 1 N–H and O–H groups in total. The lowest BCUT2D eigenvalue weighted by molar-refractivity contribution is -0.115. The molecule has 1 heterocycles. The molecule has 1 amide bonds. The van der Waals surface area contributed by atoms with Gasteiger partial charge < -0.3 is 5.32 Å². The summed E-state index contributed by atoms with van der Waals surface area (Å²) in [6.45, 7) is 1.92. The van der Waals surface area contributed by atoms with Crippen molar-refractivity contribution in [2.75, 3.05) is 5.32 Å². The van der Waals surface area contributed by atoms with Crippen molar-refractivity contribution in [1.29, 1.82) is 0 Å². The molecular formula is C14H12ClIN2O. The number of carbonyl (C=O) groups excluding carboxylic acids is 1. The fourth-order valence-electron chi connectivity index (χ4n) is 1.64. The van der Waals surface area contributed by atoms with E-state index < -0.39 is 0 Å². The third-order valence-electron chi connectivity index (χ3n) is 2.58. The number of anilines is 1. The summed E-state index contributed by atoms with van der Waals surface area (Å²) in [6, 6.07) is 9.22. The average molecular weight is 387 g/mol. The normalized spacial score (nSPS) is 10.3. The Bertz CT molecular complexity index is 599. The summed E-state index contributed by atoms with van der Waals surface area (Å²) in [5.74, 6) is 0.526. The fraction of sp³-hybridized carbons (Fsp3) is 0.143. The molecule has 1 aromatic heterocycles. The minimum Gasteiger partial charge on any atom is -0.310 e. The van der Waals surface area contributed by atoms with Crippen LogP contribution in [0.4, 0.5) is 5.82 Å². The van der Waals surface area contributed by atoms with Gasteiger partial charge in [-0.2, -0.15) is 0 Å². The first-order valence-corrected chi connectivity index (χ1v) is 7.17. The zero-order valence-corrected chi connectivity index (χ0v) is 13.2. The van der Waals surface area contributed by atoms with Crippen molar-refractivity contribution in [3.05, 3.63) is 56.2 Å². The lowest BCUT2D eigenvalue weighted by atomic mass is 10.1. The summed E-state index contributed by atoms with van der Waals surface area (Å²) in [5, 5.41) is 3.48. The number of nitrogens with zero attached hydrogens (tertiary/aromatic N) is 1. The Morgan fingerprint density at radius 3 is 2.68 bits per heavy atom. The first-order chi connectivity index (χ1) is 9.04. The molecule has 0 saturated carbocycles. The molecular weight excluding hydrogens is 375 g/mol. The van der Waals surface area contributed by atoms with Gasteiger partial charge in [-0.3, -0.25) is 4.79 Å². The van der Waals surface area contributed by atoms with Gasteiger partial charge in [0.2, 0.25) is 5.91 Å². The number of aromatic nitrogens is 1. The Kier molecular flexibility index (Phi) is 4.76. The Balaban J connectivity index is 2.03. The van der Waals surface area contributed by atoms with Crippen LogP contribution in [0.3, 0.4) is 0 Å². The molecule has 0 fully saturated rings. The van der Waals surface area contributed by atoms with Crippen LogP contribution < -0.4 is 5.32 Å². The van der Waals surface area contributed by atoms with Gasteiger partial charge in [0.15, 0.2) is 0 Å². The van der Waals surface area contributed by atoms with E-state index in [0.717, 1.165) is 14.7 Å². The van der Waals surface area contributed by atoms with Crippen molar-refractivity contribution in [3.8, 4) is 0 Å². The molecule has 1 aromatic carbocycles. The minimum absolute atomic E-state index is 0.0841. The summed E-state index contributed by atoms with van der Waals surface area (Å²) < 4.78 is 1.05. The van der Waals surface area contributed by atoms with Crippen LogP contribution in [0.5, 0.6) is 0 Å². The molecule has 0 bridgehead atoms. The van der Waals surface area contributed by atoms with Crippen LogP contribution in [0.15, 0.2) is 36.5 Å². The maximum atomic E-state index is 11.9. The van der Waals surface area contributed by atoms with E-state index in [0.29, 0.717) is 17.3 Å². The molecule has 0 atom stereocenters. The maximum absolute atomic E-state index is 11.9. The minimum atomic E-state index is -0.0841. The smallest absolute Gasteiger partial charge is 0.229 e. The summed E-state index contributed by atoms with van der Waals surface area (Å²) >= 11 is 7.99. The van der Waals surface area contributed by atoms with Crippen molar-refractivity contribution in [3.63, 3.8) is 0 Å². The van der Waals surface area contributed by atoms with Gasteiger partial charge in [-0.1, -0.05) is 23.7 Å². The van der Waals surface area contributed by atoms with E-state index in [1.54, 1.807) is 18.3 Å². The molecule has 5 heteroatoms. The summed E-state index contributed by atoms with van der Waals surface area (Å²) in [6.07, 6.45) is 2.04. The predicted molar refractivity (Wildman–Crippen MR) is 85.5 cm³/mol. The molecule has 0 aliphatic rings. The van der Waals surface area contributed by atoms with Crippen LogP contribution in [-0.2, 0) is 11.2 Å². The standard InChI is InChI=1S/C14H12ClIN2O/c1-9-6-12(16)8-17-14(9)18-13(19)7-10-2-4-11(15)5-3-10/h2-6,8H,7H2,1H3,(H,17,18,19). The van der Waals surface area contributed by atoms with Crippen LogP contribution in [0.1, 0.15) is 11.1 Å². The van der Waals surface area contributed by atoms with E-state index in [2.05, 4.69) is 32.9 Å². The van der Waals surface area contributed by atoms with Crippen molar-refractivity contribution >= 4 is 45.9 Å². The van der Waals surface area contributed by atoms with Crippen LogP contribution >= 0.6 is 34.2 Å². The first-order valence-electron chi connectivity index (χ1n) is 5.71. The van der Waals surface area contributed by atoms with E-state index in [4.69, 9.17) is 11.6 Å². The molecule has 0 radical (unpaired) electrons.